The van der Waals surface area contributed by atoms with Crippen molar-refractivity contribution in [2.24, 2.45) is 0 Å². The normalized spacial score (nSPS) is 11.8. The number of benzene rings is 1. The molecule has 2 aromatic rings. The van der Waals surface area contributed by atoms with Gasteiger partial charge in [0.2, 0.25) is 0 Å². The molecule has 2 rings (SSSR count). The van der Waals surface area contributed by atoms with Gasteiger partial charge in [-0.1, -0.05) is 23.4 Å². The lowest BCUT2D eigenvalue weighted by Crippen LogP contribution is -2.41. The Morgan fingerprint density at radius 3 is 2.75 bits per heavy atom. The van der Waals surface area contributed by atoms with Gasteiger partial charge >= 0.3 is 6.03 Å². The maximum Gasteiger partial charge on any atom is 0.315 e. The molecule has 0 aliphatic rings. The molecule has 6 nitrogen and oxygen atoms in total. The molecule has 0 spiro atoms. The van der Waals surface area contributed by atoms with E-state index in [-0.39, 0.29) is 12.1 Å². The highest BCUT2D eigenvalue weighted by Crippen LogP contribution is 2.17. The quantitative estimate of drug-likeness (QED) is 0.817. The zero-order chi connectivity index (χ0) is 17.5. The fraction of sp³-hybridized carbons (Fsp3) is 0.444. The van der Waals surface area contributed by atoms with E-state index >= 15 is 0 Å². The van der Waals surface area contributed by atoms with Gasteiger partial charge in [0, 0.05) is 23.7 Å². The molecule has 2 N–H and O–H groups in total. The molecule has 1 aromatic carbocycles. The molecule has 2 amide bonds. The third kappa shape index (κ3) is 4.75. The Morgan fingerprint density at radius 2 is 2.08 bits per heavy atom. The van der Waals surface area contributed by atoms with E-state index in [2.05, 4.69) is 15.8 Å². The predicted molar refractivity (Wildman–Crippen MR) is 92.1 cm³/mol. The highest BCUT2D eigenvalue weighted by Gasteiger charge is 2.14. The minimum absolute atomic E-state index is 0.0241. The number of urea groups is 1. The molecule has 0 bridgehead atoms. The second kappa shape index (κ2) is 8.38. The van der Waals surface area contributed by atoms with Crippen molar-refractivity contribution in [3.05, 3.63) is 46.8 Å². The van der Waals surface area contributed by atoms with Crippen molar-refractivity contribution < 1.29 is 14.1 Å². The summed E-state index contributed by atoms with van der Waals surface area (Å²) < 4.78 is 10.7. The van der Waals surface area contributed by atoms with Crippen LogP contribution in [0.15, 0.2) is 28.8 Å². The zero-order valence-electron chi connectivity index (χ0n) is 14.7. The van der Waals surface area contributed by atoms with E-state index in [0.717, 1.165) is 28.3 Å². The molecule has 0 aliphatic carbocycles. The minimum atomic E-state index is -0.208. The van der Waals surface area contributed by atoms with Gasteiger partial charge in [0.15, 0.2) is 0 Å². The maximum atomic E-state index is 12.1. The summed E-state index contributed by atoms with van der Waals surface area (Å²) in [6.45, 7) is 8.70. The molecule has 0 saturated carbocycles. The molecule has 1 aromatic heterocycles. The van der Waals surface area contributed by atoms with Gasteiger partial charge in [-0.3, -0.25) is 0 Å². The number of hydrogen-bond acceptors (Lipinski definition) is 4. The topological polar surface area (TPSA) is 76.4 Å². The van der Waals surface area contributed by atoms with Gasteiger partial charge in [-0.25, -0.2) is 4.79 Å². The van der Waals surface area contributed by atoms with E-state index < -0.39 is 0 Å². The molecule has 0 saturated heterocycles. The first-order valence-corrected chi connectivity index (χ1v) is 8.18. The van der Waals surface area contributed by atoms with E-state index in [1.807, 2.05) is 52.0 Å². The smallest absolute Gasteiger partial charge is 0.315 e. The Hall–Kier alpha value is -2.50. The number of hydrogen-bond donors (Lipinski definition) is 2. The lowest BCUT2D eigenvalue weighted by atomic mass is 10.1. The zero-order valence-corrected chi connectivity index (χ0v) is 14.7. The van der Waals surface area contributed by atoms with Gasteiger partial charge in [-0.15, -0.1) is 0 Å². The number of aryl methyl sites for hydroxylation is 2. The summed E-state index contributed by atoms with van der Waals surface area (Å²) in [5, 5.41) is 9.74. The Kier molecular flexibility index (Phi) is 6.23. The molecule has 0 fully saturated rings. The van der Waals surface area contributed by atoms with E-state index in [1.54, 1.807) is 0 Å². The average Bonchev–Trinajstić information content (AvgIpc) is 2.86. The fourth-order valence-corrected chi connectivity index (χ4v) is 2.55. The van der Waals surface area contributed by atoms with Crippen LogP contribution in [-0.2, 0) is 13.0 Å². The largest absolute Gasteiger partial charge is 0.494 e. The monoisotopic (exact) mass is 331 g/mol. The molecule has 1 heterocycles. The fourth-order valence-electron chi connectivity index (χ4n) is 2.55. The number of carbonyl (C=O) groups excluding carboxylic acids is 1. The number of rotatable bonds is 7. The standard InChI is InChI=1S/C18H25N3O3/c1-5-23-17-9-7-6-8-15(17)11-19-18(22)20-12(2)10-16-13(3)21-24-14(16)4/h6-9,12H,5,10-11H2,1-4H3,(H2,19,20,22). The third-order valence-corrected chi connectivity index (χ3v) is 3.78. The molecule has 1 unspecified atom stereocenters. The number of aromatic nitrogens is 1. The summed E-state index contributed by atoms with van der Waals surface area (Å²) in [4.78, 5) is 12.1. The van der Waals surface area contributed by atoms with Gasteiger partial charge in [-0.05, 0) is 40.2 Å². The summed E-state index contributed by atoms with van der Waals surface area (Å²) in [6, 6.07) is 7.46. The van der Waals surface area contributed by atoms with Crippen molar-refractivity contribution in [1.29, 1.82) is 0 Å². The van der Waals surface area contributed by atoms with E-state index in [9.17, 15) is 4.79 Å². The highest BCUT2D eigenvalue weighted by molar-refractivity contribution is 5.74. The molecular weight excluding hydrogens is 306 g/mol. The van der Waals surface area contributed by atoms with Crippen molar-refractivity contribution in [2.45, 2.75) is 46.7 Å². The number of carbonyl (C=O) groups is 1. The first kappa shape index (κ1) is 17.8. The Morgan fingerprint density at radius 1 is 1.33 bits per heavy atom. The van der Waals surface area contributed by atoms with Gasteiger partial charge in [0.1, 0.15) is 11.5 Å². The number of nitrogens with one attached hydrogen (secondary N) is 2. The Labute approximate surface area is 142 Å². The second-order valence-electron chi connectivity index (χ2n) is 5.78. The average molecular weight is 331 g/mol. The van der Waals surface area contributed by atoms with Gasteiger partial charge in [-0.2, -0.15) is 0 Å². The van der Waals surface area contributed by atoms with E-state index in [0.29, 0.717) is 19.6 Å². The van der Waals surface area contributed by atoms with E-state index in [1.165, 1.54) is 0 Å². The summed E-state index contributed by atoms with van der Waals surface area (Å²) in [6.07, 6.45) is 0.685. The number of nitrogens with zero attached hydrogens (tertiary/aromatic N) is 1. The lowest BCUT2D eigenvalue weighted by molar-refractivity contribution is 0.237. The van der Waals surface area contributed by atoms with Crippen molar-refractivity contribution in [3.63, 3.8) is 0 Å². The molecule has 0 aliphatic heterocycles. The first-order chi connectivity index (χ1) is 11.5. The SMILES string of the molecule is CCOc1ccccc1CNC(=O)NC(C)Cc1c(C)noc1C. The predicted octanol–water partition coefficient (Wildman–Crippen LogP) is 3.12. The van der Waals surface area contributed by atoms with Crippen LogP contribution in [0.1, 0.15) is 36.4 Å². The van der Waals surface area contributed by atoms with Crippen LogP contribution in [-0.4, -0.2) is 23.8 Å². The van der Waals surface area contributed by atoms with Crippen molar-refractivity contribution in [3.8, 4) is 5.75 Å². The molecule has 24 heavy (non-hydrogen) atoms. The second-order valence-corrected chi connectivity index (χ2v) is 5.78. The Balaban J connectivity index is 1.85. The van der Waals surface area contributed by atoms with Crippen LogP contribution >= 0.6 is 0 Å². The van der Waals surface area contributed by atoms with Crippen molar-refractivity contribution >= 4 is 6.03 Å². The summed E-state index contributed by atoms with van der Waals surface area (Å²) >= 11 is 0. The van der Waals surface area contributed by atoms with Crippen LogP contribution in [0.3, 0.4) is 0 Å². The third-order valence-electron chi connectivity index (χ3n) is 3.78. The molecule has 0 radical (unpaired) electrons. The lowest BCUT2D eigenvalue weighted by Gasteiger charge is -2.15. The van der Waals surface area contributed by atoms with E-state index in [4.69, 9.17) is 9.26 Å². The van der Waals surface area contributed by atoms with Crippen LogP contribution < -0.4 is 15.4 Å². The highest BCUT2D eigenvalue weighted by atomic mass is 16.5. The van der Waals surface area contributed by atoms with Crippen LogP contribution in [0.4, 0.5) is 4.79 Å². The maximum absolute atomic E-state index is 12.1. The van der Waals surface area contributed by atoms with Crippen LogP contribution in [0, 0.1) is 13.8 Å². The first-order valence-electron chi connectivity index (χ1n) is 8.18. The van der Waals surface area contributed by atoms with Crippen molar-refractivity contribution in [1.82, 2.24) is 15.8 Å². The van der Waals surface area contributed by atoms with Gasteiger partial charge in [0.05, 0.1) is 12.3 Å². The summed E-state index contributed by atoms with van der Waals surface area (Å²) in [5.74, 6) is 1.59. The minimum Gasteiger partial charge on any atom is -0.494 e. The van der Waals surface area contributed by atoms with Gasteiger partial charge in [0.25, 0.3) is 0 Å². The molecule has 1 atom stereocenters. The van der Waals surface area contributed by atoms with Crippen LogP contribution in [0.2, 0.25) is 0 Å². The Bertz CT molecular complexity index is 662. The summed E-state index contributed by atoms with van der Waals surface area (Å²) in [5.41, 5.74) is 2.87. The summed E-state index contributed by atoms with van der Waals surface area (Å²) in [7, 11) is 0. The number of amides is 2. The van der Waals surface area contributed by atoms with Crippen molar-refractivity contribution in [2.75, 3.05) is 6.61 Å². The molecule has 6 heteroatoms. The van der Waals surface area contributed by atoms with Crippen LogP contribution in [0.5, 0.6) is 5.75 Å². The number of para-hydroxylation sites is 1. The van der Waals surface area contributed by atoms with Gasteiger partial charge < -0.3 is 19.9 Å². The molecular formula is C18H25N3O3. The number of ether oxygens (including phenoxy) is 1. The molecule has 130 valence electrons. The van der Waals surface area contributed by atoms with Crippen LogP contribution in [0.25, 0.3) is 0 Å².